The number of pyridine rings is 1. The molecule has 1 saturated heterocycles. The lowest BCUT2D eigenvalue weighted by atomic mass is 10.1. The maximum absolute atomic E-state index is 12.6. The number of likely N-dealkylation sites (tertiary alicyclic amines) is 1. The maximum Gasteiger partial charge on any atom is 0.255 e. The van der Waals surface area contributed by atoms with Gasteiger partial charge in [-0.05, 0) is 24.1 Å². The van der Waals surface area contributed by atoms with Crippen molar-refractivity contribution in [2.75, 3.05) is 6.54 Å². The fourth-order valence-electron chi connectivity index (χ4n) is 2.79. The summed E-state index contributed by atoms with van der Waals surface area (Å²) in [6.45, 7) is 0.954. The van der Waals surface area contributed by atoms with Crippen molar-refractivity contribution in [3.8, 4) is 6.07 Å². The maximum atomic E-state index is 12.6. The van der Waals surface area contributed by atoms with Crippen LogP contribution in [0.15, 0.2) is 36.7 Å². The van der Waals surface area contributed by atoms with Crippen LogP contribution in [-0.4, -0.2) is 34.3 Å². The van der Waals surface area contributed by atoms with Gasteiger partial charge in [0.2, 0.25) is 5.91 Å². The molecule has 1 aliphatic heterocycles. The second kappa shape index (κ2) is 7.73. The van der Waals surface area contributed by atoms with Crippen LogP contribution in [0, 0.1) is 11.3 Å². The monoisotopic (exact) mass is 388 g/mol. The first-order valence-corrected chi connectivity index (χ1v) is 8.63. The van der Waals surface area contributed by atoms with Crippen LogP contribution in [0.25, 0.3) is 0 Å². The molecular weight excluding hydrogens is 375 g/mol. The van der Waals surface area contributed by atoms with Gasteiger partial charge in [-0.2, -0.15) is 5.26 Å². The summed E-state index contributed by atoms with van der Waals surface area (Å²) in [5.41, 5.74) is 1.60. The molecule has 1 aromatic carbocycles. The van der Waals surface area contributed by atoms with Crippen LogP contribution >= 0.6 is 23.2 Å². The molecule has 1 fully saturated rings. The summed E-state index contributed by atoms with van der Waals surface area (Å²) in [4.78, 5) is 30.4. The zero-order chi connectivity index (χ0) is 18.7. The molecule has 6 nitrogen and oxygen atoms in total. The summed E-state index contributed by atoms with van der Waals surface area (Å²) in [7, 11) is 0. The Labute approximate surface area is 160 Å². The standard InChI is InChI=1S/C18H14Cl2N4O2/c19-13-8-22-9-14(20)16(13)17(25)23-15-5-6-24(18(15)26)10-12-3-1-11(7-21)2-4-12/h1-4,8-9,15H,5-6,10H2,(H,23,25). The first-order chi connectivity index (χ1) is 12.5. The number of carbonyl (C=O) groups excluding carboxylic acids is 2. The molecule has 1 atom stereocenters. The number of nitrogens with zero attached hydrogens (tertiary/aromatic N) is 3. The van der Waals surface area contributed by atoms with Crippen molar-refractivity contribution in [3.05, 3.63) is 63.4 Å². The minimum Gasteiger partial charge on any atom is -0.340 e. The number of carbonyl (C=O) groups is 2. The van der Waals surface area contributed by atoms with Gasteiger partial charge in [0.1, 0.15) is 6.04 Å². The fourth-order valence-corrected chi connectivity index (χ4v) is 3.33. The molecule has 0 bridgehead atoms. The number of halogens is 2. The van der Waals surface area contributed by atoms with Crippen molar-refractivity contribution in [2.24, 2.45) is 0 Å². The van der Waals surface area contributed by atoms with Gasteiger partial charge in [0.05, 0.1) is 27.2 Å². The predicted octanol–water partition coefficient (Wildman–Crippen LogP) is 2.79. The lowest BCUT2D eigenvalue weighted by Gasteiger charge is -2.17. The molecule has 132 valence electrons. The normalized spacial score (nSPS) is 16.4. The van der Waals surface area contributed by atoms with Gasteiger partial charge in [-0.25, -0.2) is 0 Å². The van der Waals surface area contributed by atoms with Gasteiger partial charge in [-0.1, -0.05) is 35.3 Å². The zero-order valence-corrected chi connectivity index (χ0v) is 15.1. The Morgan fingerprint density at radius 2 is 1.92 bits per heavy atom. The average molecular weight is 389 g/mol. The third kappa shape index (κ3) is 3.79. The molecule has 0 radical (unpaired) electrons. The zero-order valence-electron chi connectivity index (χ0n) is 13.6. The van der Waals surface area contributed by atoms with Gasteiger partial charge in [0.15, 0.2) is 0 Å². The van der Waals surface area contributed by atoms with Crippen LogP contribution in [0.1, 0.15) is 27.9 Å². The van der Waals surface area contributed by atoms with Gasteiger partial charge >= 0.3 is 0 Å². The number of benzene rings is 1. The van der Waals surface area contributed by atoms with E-state index in [0.29, 0.717) is 25.1 Å². The van der Waals surface area contributed by atoms with Crippen LogP contribution in [0.5, 0.6) is 0 Å². The van der Waals surface area contributed by atoms with Gasteiger partial charge in [-0.15, -0.1) is 0 Å². The number of nitrogens with one attached hydrogen (secondary N) is 1. The highest BCUT2D eigenvalue weighted by molar-refractivity contribution is 6.39. The molecule has 1 aliphatic rings. The second-order valence-electron chi connectivity index (χ2n) is 5.86. The summed E-state index contributed by atoms with van der Waals surface area (Å²) < 4.78 is 0. The smallest absolute Gasteiger partial charge is 0.255 e. The van der Waals surface area contributed by atoms with E-state index < -0.39 is 11.9 Å². The van der Waals surface area contributed by atoms with E-state index in [-0.39, 0.29) is 21.5 Å². The predicted molar refractivity (Wildman–Crippen MR) is 96.7 cm³/mol. The van der Waals surface area contributed by atoms with Crippen LogP contribution in [-0.2, 0) is 11.3 Å². The Hall–Kier alpha value is -2.62. The molecular formula is C18H14Cl2N4O2. The van der Waals surface area contributed by atoms with E-state index in [9.17, 15) is 9.59 Å². The topological polar surface area (TPSA) is 86.1 Å². The molecule has 1 unspecified atom stereocenters. The van der Waals surface area contributed by atoms with Crippen LogP contribution in [0.3, 0.4) is 0 Å². The van der Waals surface area contributed by atoms with Gasteiger partial charge in [0.25, 0.3) is 5.91 Å². The first kappa shape index (κ1) is 18.2. The van der Waals surface area contributed by atoms with E-state index in [2.05, 4.69) is 16.4 Å². The summed E-state index contributed by atoms with van der Waals surface area (Å²) >= 11 is 12.0. The van der Waals surface area contributed by atoms with Crippen molar-refractivity contribution in [1.82, 2.24) is 15.2 Å². The molecule has 0 aliphatic carbocycles. The number of rotatable bonds is 4. The first-order valence-electron chi connectivity index (χ1n) is 7.87. The largest absolute Gasteiger partial charge is 0.340 e. The van der Waals surface area contributed by atoms with E-state index in [1.165, 1.54) is 12.4 Å². The van der Waals surface area contributed by atoms with Crippen LogP contribution < -0.4 is 5.32 Å². The molecule has 0 saturated carbocycles. The van der Waals surface area contributed by atoms with Crippen molar-refractivity contribution in [1.29, 1.82) is 5.26 Å². The third-order valence-electron chi connectivity index (χ3n) is 4.14. The second-order valence-corrected chi connectivity index (χ2v) is 6.68. The van der Waals surface area contributed by atoms with Gasteiger partial charge in [0, 0.05) is 25.5 Å². The molecule has 0 spiro atoms. The minimum atomic E-state index is -0.624. The summed E-state index contributed by atoms with van der Waals surface area (Å²) in [6.07, 6.45) is 3.16. The van der Waals surface area contributed by atoms with Gasteiger partial charge in [-0.3, -0.25) is 14.6 Å². The number of hydrogen-bond acceptors (Lipinski definition) is 4. The van der Waals surface area contributed by atoms with E-state index in [4.69, 9.17) is 28.5 Å². The van der Waals surface area contributed by atoms with Crippen molar-refractivity contribution in [2.45, 2.75) is 19.0 Å². The van der Waals surface area contributed by atoms with Crippen LogP contribution in [0.4, 0.5) is 0 Å². The highest BCUT2D eigenvalue weighted by Gasteiger charge is 2.33. The molecule has 2 heterocycles. The molecule has 1 aromatic heterocycles. The van der Waals surface area contributed by atoms with Crippen molar-refractivity contribution < 1.29 is 9.59 Å². The Morgan fingerprint density at radius 3 is 2.54 bits per heavy atom. The minimum absolute atomic E-state index is 0.113. The molecule has 2 amide bonds. The van der Waals surface area contributed by atoms with Crippen molar-refractivity contribution >= 4 is 35.0 Å². The molecule has 1 N–H and O–H groups in total. The lowest BCUT2D eigenvalue weighted by Crippen LogP contribution is -2.41. The van der Waals surface area contributed by atoms with Crippen molar-refractivity contribution in [3.63, 3.8) is 0 Å². The SMILES string of the molecule is N#Cc1ccc(CN2CCC(NC(=O)c3c(Cl)cncc3Cl)C2=O)cc1. The van der Waals surface area contributed by atoms with E-state index in [1.54, 1.807) is 17.0 Å². The van der Waals surface area contributed by atoms with E-state index in [1.807, 2.05) is 12.1 Å². The summed E-state index contributed by atoms with van der Waals surface area (Å²) in [6, 6.07) is 8.48. The summed E-state index contributed by atoms with van der Waals surface area (Å²) in [5, 5.41) is 11.8. The summed E-state index contributed by atoms with van der Waals surface area (Å²) in [5.74, 6) is -0.662. The third-order valence-corrected chi connectivity index (χ3v) is 4.71. The number of amides is 2. The Bertz CT molecular complexity index is 873. The molecule has 8 heteroatoms. The number of hydrogen-bond donors (Lipinski definition) is 1. The Kier molecular flexibility index (Phi) is 5.40. The number of aromatic nitrogens is 1. The number of nitriles is 1. The lowest BCUT2D eigenvalue weighted by molar-refractivity contribution is -0.129. The van der Waals surface area contributed by atoms with E-state index in [0.717, 1.165) is 5.56 Å². The average Bonchev–Trinajstić information content (AvgIpc) is 2.95. The van der Waals surface area contributed by atoms with Crippen LogP contribution in [0.2, 0.25) is 10.0 Å². The highest BCUT2D eigenvalue weighted by atomic mass is 35.5. The molecule has 2 aromatic rings. The highest BCUT2D eigenvalue weighted by Crippen LogP contribution is 2.23. The van der Waals surface area contributed by atoms with E-state index >= 15 is 0 Å². The quantitative estimate of drug-likeness (QED) is 0.872. The Balaban J connectivity index is 1.65. The Morgan fingerprint density at radius 1 is 1.27 bits per heavy atom. The van der Waals surface area contributed by atoms with Gasteiger partial charge < -0.3 is 10.2 Å². The molecule has 26 heavy (non-hydrogen) atoms. The fraction of sp³-hybridized carbons (Fsp3) is 0.222. The molecule has 3 rings (SSSR count).